The van der Waals surface area contributed by atoms with Crippen molar-refractivity contribution in [1.82, 2.24) is 5.32 Å². The number of nitrogens with one attached hydrogen (secondary N) is 1. The number of carbonyl (C=O) groups excluding carboxylic acids is 1. The van der Waals surface area contributed by atoms with Crippen LogP contribution in [0.1, 0.15) is 26.3 Å². The molecule has 1 aromatic carbocycles. The van der Waals surface area contributed by atoms with Gasteiger partial charge in [-0.2, -0.15) is 0 Å². The van der Waals surface area contributed by atoms with Gasteiger partial charge in [0, 0.05) is 5.41 Å². The standard InChI is InChI=1S/C15H21NO4/c1-14(2)9-20-13(18)16-11(14)12(17)15(3,19)10-7-5-4-6-8-10/h4-8,11-12,17,19H,9H2,1-3H3,(H,16,18)/t11-,12+,15+/m1/s1. The third kappa shape index (κ3) is 2.64. The van der Waals surface area contributed by atoms with E-state index in [0.717, 1.165) is 0 Å². The van der Waals surface area contributed by atoms with E-state index in [0.29, 0.717) is 5.56 Å². The van der Waals surface area contributed by atoms with Gasteiger partial charge in [-0.25, -0.2) is 4.79 Å². The topological polar surface area (TPSA) is 78.8 Å². The van der Waals surface area contributed by atoms with Crippen molar-refractivity contribution < 1.29 is 19.7 Å². The number of alkyl carbamates (subject to hydrolysis) is 1. The Bertz CT molecular complexity index is 484. The average Bonchev–Trinajstić information content (AvgIpc) is 2.42. The van der Waals surface area contributed by atoms with Crippen molar-refractivity contribution in [2.45, 2.75) is 38.5 Å². The first kappa shape index (κ1) is 14.8. The van der Waals surface area contributed by atoms with Gasteiger partial charge < -0.3 is 20.3 Å². The van der Waals surface area contributed by atoms with Crippen molar-refractivity contribution in [3.05, 3.63) is 35.9 Å². The molecule has 3 atom stereocenters. The molecule has 1 amide bonds. The molecule has 5 nitrogen and oxygen atoms in total. The SMILES string of the molecule is CC1(C)COC(=O)N[C@@H]1[C@H](O)[C@@](C)(O)c1ccccc1. The van der Waals surface area contributed by atoms with Crippen LogP contribution in [0.15, 0.2) is 30.3 Å². The fourth-order valence-electron chi connectivity index (χ4n) is 2.48. The number of aliphatic hydroxyl groups excluding tert-OH is 1. The Hall–Kier alpha value is -1.59. The van der Waals surface area contributed by atoms with Crippen molar-refractivity contribution in [3.8, 4) is 0 Å². The molecular formula is C15H21NO4. The predicted molar refractivity (Wildman–Crippen MR) is 74.1 cm³/mol. The molecule has 2 rings (SSSR count). The molecule has 1 aliphatic heterocycles. The zero-order chi connectivity index (χ0) is 15.0. The van der Waals surface area contributed by atoms with E-state index in [1.54, 1.807) is 31.2 Å². The van der Waals surface area contributed by atoms with Crippen LogP contribution in [0.25, 0.3) is 0 Å². The largest absolute Gasteiger partial charge is 0.449 e. The first-order chi connectivity index (χ1) is 9.25. The Kier molecular flexibility index (Phi) is 3.75. The summed E-state index contributed by atoms with van der Waals surface area (Å²) in [4.78, 5) is 11.4. The molecular weight excluding hydrogens is 258 g/mol. The van der Waals surface area contributed by atoms with Crippen molar-refractivity contribution in [2.24, 2.45) is 5.41 Å². The summed E-state index contributed by atoms with van der Waals surface area (Å²) in [5, 5.41) is 23.9. The van der Waals surface area contributed by atoms with Crippen LogP contribution in [0, 0.1) is 5.41 Å². The number of ether oxygens (including phenoxy) is 1. The first-order valence-corrected chi connectivity index (χ1v) is 6.64. The zero-order valence-electron chi connectivity index (χ0n) is 12.0. The van der Waals surface area contributed by atoms with E-state index in [-0.39, 0.29) is 6.61 Å². The van der Waals surface area contributed by atoms with E-state index in [4.69, 9.17) is 4.74 Å². The van der Waals surface area contributed by atoms with Crippen LogP contribution >= 0.6 is 0 Å². The molecule has 20 heavy (non-hydrogen) atoms. The van der Waals surface area contributed by atoms with E-state index in [1.165, 1.54) is 0 Å². The Labute approximate surface area is 118 Å². The summed E-state index contributed by atoms with van der Waals surface area (Å²) in [6.45, 7) is 5.50. The maximum Gasteiger partial charge on any atom is 0.407 e. The molecule has 5 heteroatoms. The van der Waals surface area contributed by atoms with Gasteiger partial charge >= 0.3 is 6.09 Å². The van der Waals surface area contributed by atoms with E-state index >= 15 is 0 Å². The summed E-state index contributed by atoms with van der Waals surface area (Å²) in [6, 6.07) is 8.33. The average molecular weight is 279 g/mol. The van der Waals surface area contributed by atoms with Crippen LogP contribution in [-0.2, 0) is 10.3 Å². The lowest BCUT2D eigenvalue weighted by Crippen LogP contribution is -2.62. The predicted octanol–water partition coefficient (Wildman–Crippen LogP) is 1.39. The molecule has 0 aromatic heterocycles. The lowest BCUT2D eigenvalue weighted by molar-refractivity contribution is -0.115. The van der Waals surface area contributed by atoms with Gasteiger partial charge in [0.2, 0.25) is 0 Å². The Morgan fingerprint density at radius 2 is 2.00 bits per heavy atom. The fraction of sp³-hybridized carbons (Fsp3) is 0.533. The minimum absolute atomic E-state index is 0.200. The molecule has 1 aliphatic rings. The monoisotopic (exact) mass is 279 g/mol. The molecule has 1 saturated heterocycles. The highest BCUT2D eigenvalue weighted by molar-refractivity contribution is 5.68. The van der Waals surface area contributed by atoms with Crippen LogP contribution in [-0.4, -0.2) is 35.1 Å². The lowest BCUT2D eigenvalue weighted by Gasteiger charge is -2.45. The van der Waals surface area contributed by atoms with Gasteiger partial charge in [-0.3, -0.25) is 0 Å². The van der Waals surface area contributed by atoms with Crippen molar-refractivity contribution >= 4 is 6.09 Å². The minimum Gasteiger partial charge on any atom is -0.449 e. The first-order valence-electron chi connectivity index (χ1n) is 6.64. The highest BCUT2D eigenvalue weighted by Crippen LogP contribution is 2.35. The van der Waals surface area contributed by atoms with E-state index in [2.05, 4.69) is 5.32 Å². The lowest BCUT2D eigenvalue weighted by atomic mass is 9.74. The second-order valence-corrected chi connectivity index (χ2v) is 6.15. The molecule has 110 valence electrons. The van der Waals surface area contributed by atoms with Crippen LogP contribution in [0.2, 0.25) is 0 Å². The Balaban J connectivity index is 2.29. The Morgan fingerprint density at radius 1 is 1.40 bits per heavy atom. The van der Waals surface area contributed by atoms with E-state index in [9.17, 15) is 15.0 Å². The van der Waals surface area contributed by atoms with Gasteiger partial charge in [-0.15, -0.1) is 0 Å². The summed E-state index contributed by atoms with van der Waals surface area (Å²) in [6.07, 6.45) is -1.72. The number of aliphatic hydroxyl groups is 2. The number of amides is 1. The summed E-state index contributed by atoms with van der Waals surface area (Å²) in [5.41, 5.74) is -1.34. The molecule has 0 spiro atoms. The van der Waals surface area contributed by atoms with Crippen molar-refractivity contribution in [1.29, 1.82) is 0 Å². The molecule has 0 radical (unpaired) electrons. The molecule has 0 bridgehead atoms. The summed E-state index contributed by atoms with van der Waals surface area (Å²) >= 11 is 0. The quantitative estimate of drug-likeness (QED) is 0.781. The van der Waals surface area contributed by atoms with Crippen LogP contribution in [0.5, 0.6) is 0 Å². The number of hydrogen-bond donors (Lipinski definition) is 3. The van der Waals surface area contributed by atoms with Gasteiger partial charge in [-0.05, 0) is 12.5 Å². The number of rotatable bonds is 3. The normalized spacial score (nSPS) is 26.1. The van der Waals surface area contributed by atoms with Crippen LogP contribution in [0.3, 0.4) is 0 Å². The highest BCUT2D eigenvalue weighted by atomic mass is 16.6. The molecule has 1 fully saturated rings. The summed E-state index contributed by atoms with van der Waals surface area (Å²) in [7, 11) is 0. The minimum atomic E-state index is -1.46. The third-order valence-electron chi connectivity index (χ3n) is 3.94. The molecule has 3 N–H and O–H groups in total. The number of carbonyl (C=O) groups is 1. The second kappa shape index (κ2) is 5.07. The molecule has 1 heterocycles. The van der Waals surface area contributed by atoms with E-state index in [1.807, 2.05) is 19.9 Å². The zero-order valence-corrected chi connectivity index (χ0v) is 12.0. The number of hydrogen-bond acceptors (Lipinski definition) is 4. The third-order valence-corrected chi connectivity index (χ3v) is 3.94. The van der Waals surface area contributed by atoms with Crippen molar-refractivity contribution in [3.63, 3.8) is 0 Å². The number of benzene rings is 1. The van der Waals surface area contributed by atoms with Crippen LogP contribution < -0.4 is 5.32 Å². The maximum absolute atomic E-state index is 11.4. The summed E-state index contributed by atoms with van der Waals surface area (Å²) in [5.74, 6) is 0. The van der Waals surface area contributed by atoms with Gasteiger partial charge in [0.05, 0.1) is 6.04 Å². The molecule has 0 saturated carbocycles. The van der Waals surface area contributed by atoms with Crippen molar-refractivity contribution in [2.75, 3.05) is 6.61 Å². The molecule has 1 aromatic rings. The highest BCUT2D eigenvalue weighted by Gasteiger charge is 2.48. The van der Waals surface area contributed by atoms with Gasteiger partial charge in [0.25, 0.3) is 0 Å². The van der Waals surface area contributed by atoms with Gasteiger partial charge in [0.15, 0.2) is 0 Å². The van der Waals surface area contributed by atoms with Crippen LogP contribution in [0.4, 0.5) is 4.79 Å². The fourth-order valence-corrected chi connectivity index (χ4v) is 2.48. The van der Waals surface area contributed by atoms with Gasteiger partial charge in [-0.1, -0.05) is 44.2 Å². The maximum atomic E-state index is 11.4. The smallest absolute Gasteiger partial charge is 0.407 e. The molecule has 0 unspecified atom stereocenters. The summed E-state index contributed by atoms with van der Waals surface area (Å²) < 4.78 is 4.95. The number of cyclic esters (lactones) is 1. The Morgan fingerprint density at radius 3 is 2.60 bits per heavy atom. The van der Waals surface area contributed by atoms with E-state index < -0.39 is 29.3 Å². The second-order valence-electron chi connectivity index (χ2n) is 6.15. The van der Waals surface area contributed by atoms with Gasteiger partial charge in [0.1, 0.15) is 18.3 Å². The molecule has 0 aliphatic carbocycles.